The molecule has 2 heterocycles. The van der Waals surface area contributed by atoms with Crippen LogP contribution in [0.25, 0.3) is 0 Å². The molecule has 6 nitrogen and oxygen atoms in total. The predicted octanol–water partition coefficient (Wildman–Crippen LogP) is 3.80. The number of hydrogen-bond donors (Lipinski definition) is 1. The second-order valence-electron chi connectivity index (χ2n) is 8.05. The molecule has 0 radical (unpaired) electrons. The first-order valence-corrected chi connectivity index (χ1v) is 11.2. The Hall–Kier alpha value is -2.70. The fourth-order valence-corrected chi connectivity index (χ4v) is 4.12. The molecule has 0 unspecified atom stereocenters. The van der Waals surface area contributed by atoms with E-state index in [2.05, 4.69) is 37.1 Å². The van der Waals surface area contributed by atoms with E-state index in [1.165, 1.54) is 11.1 Å². The Balaban J connectivity index is 1.33. The summed E-state index contributed by atoms with van der Waals surface area (Å²) in [6.07, 6.45) is 2.04. The highest BCUT2D eigenvalue weighted by molar-refractivity contribution is 6.30. The van der Waals surface area contributed by atoms with Crippen LogP contribution < -0.4 is 5.32 Å². The zero-order valence-electron chi connectivity index (χ0n) is 17.8. The summed E-state index contributed by atoms with van der Waals surface area (Å²) < 4.78 is 2.17. The number of aromatic nitrogens is 3. The van der Waals surface area contributed by atoms with Crippen molar-refractivity contribution in [2.75, 3.05) is 13.1 Å². The Bertz CT molecular complexity index is 1000. The number of nitrogens with zero attached hydrogens (tertiary/aromatic N) is 4. The molecule has 1 atom stereocenters. The number of rotatable bonds is 7. The van der Waals surface area contributed by atoms with Crippen molar-refractivity contribution in [1.29, 1.82) is 0 Å². The van der Waals surface area contributed by atoms with Gasteiger partial charge in [-0.15, -0.1) is 10.2 Å². The van der Waals surface area contributed by atoms with Gasteiger partial charge in [-0.2, -0.15) is 0 Å². The van der Waals surface area contributed by atoms with Crippen LogP contribution in [0.5, 0.6) is 0 Å². The van der Waals surface area contributed by atoms with Crippen molar-refractivity contribution in [2.24, 2.45) is 0 Å². The molecule has 4 rings (SSSR count). The molecule has 1 aliphatic rings. The van der Waals surface area contributed by atoms with Gasteiger partial charge < -0.3 is 9.88 Å². The van der Waals surface area contributed by atoms with Crippen molar-refractivity contribution >= 4 is 17.5 Å². The minimum atomic E-state index is -0.174. The van der Waals surface area contributed by atoms with Gasteiger partial charge in [0.15, 0.2) is 5.82 Å². The Labute approximate surface area is 188 Å². The monoisotopic (exact) mass is 437 g/mol. The molecule has 2 aromatic carbocycles. The number of hydrogen-bond acceptors (Lipinski definition) is 4. The molecule has 1 N–H and O–H groups in total. The Morgan fingerprint density at radius 3 is 2.58 bits per heavy atom. The maximum absolute atomic E-state index is 12.5. The van der Waals surface area contributed by atoms with Crippen LogP contribution in [-0.4, -0.2) is 38.7 Å². The third-order valence-corrected chi connectivity index (χ3v) is 5.97. The second-order valence-corrected chi connectivity index (χ2v) is 8.49. The number of carbonyl (C=O) groups is 1. The zero-order chi connectivity index (χ0) is 21.6. The van der Waals surface area contributed by atoms with Crippen LogP contribution in [0.15, 0.2) is 54.6 Å². The molecular weight excluding hydrogens is 410 g/mol. The van der Waals surface area contributed by atoms with E-state index in [0.29, 0.717) is 6.42 Å². The van der Waals surface area contributed by atoms with E-state index in [-0.39, 0.29) is 11.9 Å². The normalized spacial score (nSPS) is 15.2. The van der Waals surface area contributed by atoms with Gasteiger partial charge in [0.1, 0.15) is 5.82 Å². The van der Waals surface area contributed by atoms with Crippen molar-refractivity contribution in [2.45, 2.75) is 45.3 Å². The van der Waals surface area contributed by atoms with E-state index in [4.69, 9.17) is 11.6 Å². The molecule has 0 saturated heterocycles. The number of amides is 1. The number of halogens is 1. The smallest absolute Gasteiger partial charge is 0.220 e. The van der Waals surface area contributed by atoms with Crippen molar-refractivity contribution in [3.8, 4) is 0 Å². The van der Waals surface area contributed by atoms with Crippen LogP contribution in [0.1, 0.15) is 42.2 Å². The number of aryl methyl sites for hydroxylation is 1. The van der Waals surface area contributed by atoms with E-state index >= 15 is 0 Å². The molecule has 7 heteroatoms. The van der Waals surface area contributed by atoms with E-state index in [9.17, 15) is 4.79 Å². The van der Waals surface area contributed by atoms with E-state index in [1.807, 2.05) is 49.4 Å². The SMILES string of the molecule is C[C@H](NC(=O)CCc1ccccc1)c1nnc2n1CCN(Cc1ccc(Cl)cc1)CC2. The van der Waals surface area contributed by atoms with E-state index in [1.54, 1.807) is 0 Å². The molecular formula is C24H28ClN5O. The number of carbonyl (C=O) groups excluding carboxylic acids is 1. The molecule has 0 fully saturated rings. The summed E-state index contributed by atoms with van der Waals surface area (Å²) in [5.41, 5.74) is 2.42. The summed E-state index contributed by atoms with van der Waals surface area (Å²) in [6, 6.07) is 17.9. The van der Waals surface area contributed by atoms with Crippen molar-refractivity contribution in [3.63, 3.8) is 0 Å². The highest BCUT2D eigenvalue weighted by atomic mass is 35.5. The van der Waals surface area contributed by atoms with Gasteiger partial charge in [-0.05, 0) is 36.6 Å². The van der Waals surface area contributed by atoms with Gasteiger partial charge in [0, 0.05) is 44.0 Å². The maximum Gasteiger partial charge on any atom is 0.220 e. The molecule has 162 valence electrons. The minimum absolute atomic E-state index is 0.0340. The lowest BCUT2D eigenvalue weighted by molar-refractivity contribution is -0.121. The largest absolute Gasteiger partial charge is 0.346 e. The lowest BCUT2D eigenvalue weighted by Gasteiger charge is -2.20. The molecule has 31 heavy (non-hydrogen) atoms. The van der Waals surface area contributed by atoms with Crippen LogP contribution >= 0.6 is 11.6 Å². The summed E-state index contributed by atoms with van der Waals surface area (Å²) in [5, 5.41) is 12.7. The highest BCUT2D eigenvalue weighted by Crippen LogP contribution is 2.18. The Morgan fingerprint density at radius 2 is 1.81 bits per heavy atom. The van der Waals surface area contributed by atoms with Gasteiger partial charge in [-0.1, -0.05) is 54.1 Å². The van der Waals surface area contributed by atoms with E-state index < -0.39 is 0 Å². The van der Waals surface area contributed by atoms with Crippen molar-refractivity contribution in [1.82, 2.24) is 25.0 Å². The van der Waals surface area contributed by atoms with Crippen LogP contribution in [0.2, 0.25) is 5.02 Å². The summed E-state index contributed by atoms with van der Waals surface area (Å²) in [5.74, 6) is 1.85. The lowest BCUT2D eigenvalue weighted by Crippen LogP contribution is -2.30. The first-order chi connectivity index (χ1) is 15.1. The van der Waals surface area contributed by atoms with Gasteiger partial charge in [-0.3, -0.25) is 9.69 Å². The van der Waals surface area contributed by atoms with Crippen LogP contribution in [0, 0.1) is 0 Å². The quantitative estimate of drug-likeness (QED) is 0.610. The average molecular weight is 438 g/mol. The fraction of sp³-hybridized carbons (Fsp3) is 0.375. The van der Waals surface area contributed by atoms with Gasteiger partial charge in [0.2, 0.25) is 5.91 Å². The maximum atomic E-state index is 12.5. The standard InChI is InChI=1S/C24H28ClN5O/c1-18(26-23(31)12-9-19-5-3-2-4-6-19)24-28-27-22-13-14-29(15-16-30(22)24)17-20-7-10-21(25)11-8-20/h2-8,10-11,18H,9,12-17H2,1H3,(H,26,31)/t18-/m0/s1. The van der Waals surface area contributed by atoms with Gasteiger partial charge >= 0.3 is 0 Å². The number of benzene rings is 2. The van der Waals surface area contributed by atoms with Crippen molar-refractivity contribution in [3.05, 3.63) is 82.4 Å². The van der Waals surface area contributed by atoms with Gasteiger partial charge in [-0.25, -0.2) is 0 Å². The molecule has 1 aliphatic heterocycles. The van der Waals surface area contributed by atoms with Crippen LogP contribution in [-0.2, 0) is 30.7 Å². The minimum Gasteiger partial charge on any atom is -0.346 e. The molecule has 3 aromatic rings. The molecule has 0 bridgehead atoms. The molecule has 0 spiro atoms. The second kappa shape index (κ2) is 10.1. The van der Waals surface area contributed by atoms with Gasteiger partial charge in [0.05, 0.1) is 6.04 Å². The number of nitrogens with one attached hydrogen (secondary N) is 1. The van der Waals surface area contributed by atoms with E-state index in [0.717, 1.165) is 55.7 Å². The summed E-state index contributed by atoms with van der Waals surface area (Å²) in [7, 11) is 0. The summed E-state index contributed by atoms with van der Waals surface area (Å²) in [4.78, 5) is 14.9. The zero-order valence-corrected chi connectivity index (χ0v) is 18.6. The Kier molecular flexibility index (Phi) is 6.99. The topological polar surface area (TPSA) is 63.1 Å². The highest BCUT2D eigenvalue weighted by Gasteiger charge is 2.22. The number of fused-ring (bicyclic) bond motifs is 1. The fourth-order valence-electron chi connectivity index (χ4n) is 4.00. The van der Waals surface area contributed by atoms with Crippen molar-refractivity contribution < 1.29 is 4.79 Å². The molecule has 0 saturated carbocycles. The molecule has 1 amide bonds. The molecule has 1 aromatic heterocycles. The molecule has 0 aliphatic carbocycles. The third-order valence-electron chi connectivity index (χ3n) is 5.72. The Morgan fingerprint density at radius 1 is 1.03 bits per heavy atom. The first kappa shape index (κ1) is 21.5. The average Bonchev–Trinajstić information content (AvgIpc) is 3.09. The third kappa shape index (κ3) is 5.71. The first-order valence-electron chi connectivity index (χ1n) is 10.8. The predicted molar refractivity (Wildman–Crippen MR) is 122 cm³/mol. The van der Waals surface area contributed by atoms with Crippen LogP contribution in [0.4, 0.5) is 0 Å². The van der Waals surface area contributed by atoms with Gasteiger partial charge in [0.25, 0.3) is 0 Å². The summed E-state index contributed by atoms with van der Waals surface area (Å²) >= 11 is 6.00. The lowest BCUT2D eigenvalue weighted by atomic mass is 10.1. The van der Waals surface area contributed by atoms with Crippen LogP contribution in [0.3, 0.4) is 0 Å². The summed E-state index contributed by atoms with van der Waals surface area (Å²) in [6.45, 7) is 5.52.